The van der Waals surface area contributed by atoms with Gasteiger partial charge in [0.05, 0.1) is 5.69 Å². The summed E-state index contributed by atoms with van der Waals surface area (Å²) >= 11 is 0. The van der Waals surface area contributed by atoms with Crippen LogP contribution in [0.1, 0.15) is 29.9 Å². The molecule has 2 aromatic heterocycles. The molecule has 0 spiro atoms. The molecule has 0 aromatic carbocycles. The van der Waals surface area contributed by atoms with Crippen molar-refractivity contribution >= 4 is 5.91 Å². The first-order valence-corrected chi connectivity index (χ1v) is 6.46. The Kier molecular flexibility index (Phi) is 3.23. The lowest BCUT2D eigenvalue weighted by Gasteiger charge is -2.11. The van der Waals surface area contributed by atoms with Gasteiger partial charge in [0.2, 0.25) is 0 Å². The first-order valence-electron chi connectivity index (χ1n) is 6.46. The standard InChI is InChI=1S/C14H15N3O3/c1-10-7-12(20-16-10)14(4-5-14)13(18)17-19-9-11-3-2-6-15-8-11/h2-3,6-8H,4-5,9H2,1H3,(H,17,18). The highest BCUT2D eigenvalue weighted by Gasteiger charge is 2.54. The SMILES string of the molecule is Cc1cc(C2(C(=O)NOCc3cccnc3)CC2)on1. The highest BCUT2D eigenvalue weighted by atomic mass is 16.7. The summed E-state index contributed by atoms with van der Waals surface area (Å²) in [6, 6.07) is 5.50. The number of aromatic nitrogens is 2. The topological polar surface area (TPSA) is 77.2 Å². The Labute approximate surface area is 116 Å². The van der Waals surface area contributed by atoms with Crippen LogP contribution >= 0.6 is 0 Å². The number of nitrogens with one attached hydrogen (secondary N) is 1. The molecule has 1 N–H and O–H groups in total. The Hall–Kier alpha value is -2.21. The van der Waals surface area contributed by atoms with E-state index in [1.54, 1.807) is 18.5 Å². The highest BCUT2D eigenvalue weighted by molar-refractivity contribution is 5.89. The van der Waals surface area contributed by atoms with E-state index < -0.39 is 5.41 Å². The molecule has 0 aliphatic heterocycles. The van der Waals surface area contributed by atoms with Gasteiger partial charge in [-0.15, -0.1) is 0 Å². The molecule has 1 saturated carbocycles. The molecule has 0 atom stereocenters. The van der Waals surface area contributed by atoms with Gasteiger partial charge < -0.3 is 4.52 Å². The van der Waals surface area contributed by atoms with E-state index >= 15 is 0 Å². The molecule has 1 aliphatic rings. The molecule has 6 nitrogen and oxygen atoms in total. The number of carbonyl (C=O) groups is 1. The van der Waals surface area contributed by atoms with Gasteiger partial charge in [-0.1, -0.05) is 11.2 Å². The number of aryl methyl sites for hydroxylation is 1. The molecule has 2 heterocycles. The number of nitrogens with zero attached hydrogens (tertiary/aromatic N) is 2. The predicted molar refractivity (Wildman–Crippen MR) is 69.3 cm³/mol. The van der Waals surface area contributed by atoms with Crippen LogP contribution in [0.2, 0.25) is 0 Å². The van der Waals surface area contributed by atoms with Crippen LogP contribution in [-0.4, -0.2) is 16.0 Å². The molecule has 0 unspecified atom stereocenters. The second-order valence-electron chi connectivity index (χ2n) is 5.00. The minimum absolute atomic E-state index is 0.183. The fourth-order valence-corrected chi connectivity index (χ4v) is 2.07. The first-order chi connectivity index (χ1) is 9.71. The quantitative estimate of drug-likeness (QED) is 0.838. The lowest BCUT2D eigenvalue weighted by molar-refractivity contribution is -0.137. The van der Waals surface area contributed by atoms with Crippen LogP contribution < -0.4 is 5.48 Å². The van der Waals surface area contributed by atoms with Crippen LogP contribution in [0.15, 0.2) is 35.1 Å². The van der Waals surface area contributed by atoms with Crippen LogP contribution in [-0.2, 0) is 21.7 Å². The fraction of sp³-hybridized carbons (Fsp3) is 0.357. The second kappa shape index (κ2) is 5.05. The van der Waals surface area contributed by atoms with Crippen LogP contribution in [0.25, 0.3) is 0 Å². The van der Waals surface area contributed by atoms with Crippen molar-refractivity contribution in [3.05, 3.63) is 47.6 Å². The number of rotatable bonds is 5. The Bertz CT molecular complexity index is 605. The van der Waals surface area contributed by atoms with E-state index in [2.05, 4.69) is 15.6 Å². The number of hydroxylamine groups is 1. The zero-order valence-corrected chi connectivity index (χ0v) is 11.1. The largest absolute Gasteiger partial charge is 0.360 e. The van der Waals surface area contributed by atoms with E-state index in [0.717, 1.165) is 24.1 Å². The smallest absolute Gasteiger partial charge is 0.257 e. The van der Waals surface area contributed by atoms with Crippen LogP contribution in [0.5, 0.6) is 0 Å². The van der Waals surface area contributed by atoms with Gasteiger partial charge >= 0.3 is 0 Å². The maximum absolute atomic E-state index is 12.2. The Morgan fingerprint density at radius 1 is 1.55 bits per heavy atom. The summed E-state index contributed by atoms with van der Waals surface area (Å²) in [6.45, 7) is 2.12. The van der Waals surface area contributed by atoms with Crippen molar-refractivity contribution in [2.45, 2.75) is 31.8 Å². The normalized spacial score (nSPS) is 15.8. The number of hydrogen-bond donors (Lipinski definition) is 1. The number of pyridine rings is 1. The molecular weight excluding hydrogens is 258 g/mol. The summed E-state index contributed by atoms with van der Waals surface area (Å²) < 4.78 is 5.20. The summed E-state index contributed by atoms with van der Waals surface area (Å²) in [5, 5.41) is 3.83. The molecule has 1 amide bonds. The average molecular weight is 273 g/mol. The van der Waals surface area contributed by atoms with Crippen LogP contribution in [0, 0.1) is 6.92 Å². The van der Waals surface area contributed by atoms with Gasteiger partial charge in [0.1, 0.15) is 12.0 Å². The maximum atomic E-state index is 12.2. The fourth-order valence-electron chi connectivity index (χ4n) is 2.07. The van der Waals surface area contributed by atoms with E-state index in [4.69, 9.17) is 9.36 Å². The van der Waals surface area contributed by atoms with Crippen molar-refractivity contribution in [3.63, 3.8) is 0 Å². The molecule has 0 radical (unpaired) electrons. The predicted octanol–water partition coefficient (Wildman–Crippen LogP) is 1.66. The molecule has 0 bridgehead atoms. The summed E-state index contributed by atoms with van der Waals surface area (Å²) in [4.78, 5) is 21.4. The van der Waals surface area contributed by atoms with Gasteiger partial charge in [-0.3, -0.25) is 14.6 Å². The van der Waals surface area contributed by atoms with Crippen molar-refractivity contribution in [3.8, 4) is 0 Å². The third-order valence-corrected chi connectivity index (χ3v) is 3.41. The first kappa shape index (κ1) is 12.8. The van der Waals surface area contributed by atoms with Crippen LogP contribution in [0.4, 0.5) is 0 Å². The molecule has 1 fully saturated rings. The lowest BCUT2D eigenvalue weighted by atomic mass is 10.0. The van der Waals surface area contributed by atoms with Gasteiger partial charge in [0.25, 0.3) is 5.91 Å². The van der Waals surface area contributed by atoms with Crippen molar-refractivity contribution < 1.29 is 14.2 Å². The number of hydrogen-bond acceptors (Lipinski definition) is 5. The molecule has 6 heteroatoms. The number of carbonyl (C=O) groups excluding carboxylic acids is 1. The molecule has 2 aromatic rings. The highest BCUT2D eigenvalue weighted by Crippen LogP contribution is 2.48. The molecular formula is C14H15N3O3. The Morgan fingerprint density at radius 2 is 2.40 bits per heavy atom. The zero-order valence-electron chi connectivity index (χ0n) is 11.1. The minimum Gasteiger partial charge on any atom is -0.360 e. The van der Waals surface area contributed by atoms with Gasteiger partial charge in [-0.25, -0.2) is 5.48 Å². The van der Waals surface area contributed by atoms with Gasteiger partial charge in [-0.2, -0.15) is 0 Å². The van der Waals surface area contributed by atoms with E-state index in [1.165, 1.54) is 0 Å². The van der Waals surface area contributed by atoms with E-state index in [0.29, 0.717) is 5.76 Å². The van der Waals surface area contributed by atoms with E-state index in [9.17, 15) is 4.79 Å². The van der Waals surface area contributed by atoms with E-state index in [-0.39, 0.29) is 12.5 Å². The zero-order chi connectivity index (χ0) is 14.0. The molecule has 3 rings (SSSR count). The lowest BCUT2D eigenvalue weighted by Crippen LogP contribution is -2.34. The summed E-state index contributed by atoms with van der Waals surface area (Å²) in [5.41, 5.74) is 3.56. The van der Waals surface area contributed by atoms with Crippen molar-refractivity contribution in [1.82, 2.24) is 15.6 Å². The second-order valence-corrected chi connectivity index (χ2v) is 5.00. The minimum atomic E-state index is -0.601. The Morgan fingerprint density at radius 3 is 3.00 bits per heavy atom. The number of amides is 1. The average Bonchev–Trinajstić information content (AvgIpc) is 3.17. The molecule has 104 valence electrons. The summed E-state index contributed by atoms with van der Waals surface area (Å²) in [5.74, 6) is 0.426. The molecule has 0 saturated heterocycles. The monoisotopic (exact) mass is 273 g/mol. The van der Waals surface area contributed by atoms with Crippen LogP contribution in [0.3, 0.4) is 0 Å². The van der Waals surface area contributed by atoms with Gasteiger partial charge in [0, 0.05) is 18.5 Å². The maximum Gasteiger partial charge on any atom is 0.257 e. The third-order valence-electron chi connectivity index (χ3n) is 3.41. The van der Waals surface area contributed by atoms with Crippen molar-refractivity contribution in [2.75, 3.05) is 0 Å². The Balaban J connectivity index is 1.57. The van der Waals surface area contributed by atoms with Crippen molar-refractivity contribution in [1.29, 1.82) is 0 Å². The van der Waals surface area contributed by atoms with E-state index in [1.807, 2.05) is 19.1 Å². The van der Waals surface area contributed by atoms with Crippen molar-refractivity contribution in [2.24, 2.45) is 0 Å². The third kappa shape index (κ3) is 2.42. The molecule has 20 heavy (non-hydrogen) atoms. The molecule has 1 aliphatic carbocycles. The summed E-state index contributed by atoms with van der Waals surface area (Å²) in [6.07, 6.45) is 4.89. The van der Waals surface area contributed by atoms with Gasteiger partial charge in [0.15, 0.2) is 5.76 Å². The van der Waals surface area contributed by atoms with Gasteiger partial charge in [-0.05, 0) is 31.4 Å². The summed E-state index contributed by atoms with van der Waals surface area (Å²) in [7, 11) is 0.